The molecular weight excluding hydrogens is 230 g/mol. The second kappa shape index (κ2) is 5.67. The number of hydrogen-bond acceptors (Lipinski definition) is 3. The van der Waals surface area contributed by atoms with Gasteiger partial charge in [0.05, 0.1) is 0 Å². The summed E-state index contributed by atoms with van der Waals surface area (Å²) >= 11 is 0. The van der Waals surface area contributed by atoms with Gasteiger partial charge >= 0.3 is 0 Å². The van der Waals surface area contributed by atoms with Gasteiger partial charge < -0.3 is 10.1 Å². The molecule has 0 radical (unpaired) electrons. The summed E-state index contributed by atoms with van der Waals surface area (Å²) in [5.74, 6) is 0.852. The van der Waals surface area contributed by atoms with Crippen molar-refractivity contribution in [1.82, 2.24) is 0 Å². The highest BCUT2D eigenvalue weighted by Gasteiger charge is 2.20. The molecule has 18 heavy (non-hydrogen) atoms. The lowest BCUT2D eigenvalue weighted by molar-refractivity contribution is -0.122. The third kappa shape index (κ3) is 3.58. The Morgan fingerprint density at radius 1 is 1.44 bits per heavy atom. The van der Waals surface area contributed by atoms with E-state index in [0.717, 1.165) is 12.8 Å². The molecule has 1 aliphatic carbocycles. The maximum absolute atomic E-state index is 11.3. The third-order valence-corrected chi connectivity index (χ3v) is 2.89. The highest BCUT2D eigenvalue weighted by Crippen LogP contribution is 2.23. The summed E-state index contributed by atoms with van der Waals surface area (Å²) in [6, 6.07) is 7.25. The van der Waals surface area contributed by atoms with Crippen LogP contribution in [0.1, 0.15) is 32.6 Å². The zero-order valence-corrected chi connectivity index (χ0v) is 10.4. The Morgan fingerprint density at radius 3 is 3.00 bits per heavy atom. The van der Waals surface area contributed by atoms with E-state index in [1.165, 1.54) is 6.92 Å². The van der Waals surface area contributed by atoms with Gasteiger partial charge in [-0.1, -0.05) is 6.07 Å². The van der Waals surface area contributed by atoms with Crippen molar-refractivity contribution in [3.8, 4) is 5.75 Å². The number of ether oxygens (including phenoxy) is 1. The number of hydrogen-bond donors (Lipinski definition) is 1. The molecule has 4 nitrogen and oxygen atoms in total. The Labute approximate surface area is 106 Å². The minimum atomic E-state index is -0.111. The largest absolute Gasteiger partial charge is 0.490 e. The van der Waals surface area contributed by atoms with E-state index >= 15 is 0 Å². The smallest absolute Gasteiger partial charge is 0.221 e. The highest BCUT2D eigenvalue weighted by atomic mass is 16.5. The van der Waals surface area contributed by atoms with Gasteiger partial charge in [-0.3, -0.25) is 9.59 Å². The van der Waals surface area contributed by atoms with Gasteiger partial charge in [-0.25, -0.2) is 0 Å². The number of Topliss-reactive ketones (excluding diaryl/α,β-unsaturated/α-hetero) is 1. The van der Waals surface area contributed by atoms with Crippen molar-refractivity contribution in [2.24, 2.45) is 0 Å². The first kappa shape index (κ1) is 12.6. The molecule has 0 heterocycles. The van der Waals surface area contributed by atoms with E-state index in [0.29, 0.717) is 24.3 Å². The molecule has 1 aromatic rings. The minimum absolute atomic E-state index is 0.0289. The van der Waals surface area contributed by atoms with Crippen LogP contribution in [0.2, 0.25) is 0 Å². The van der Waals surface area contributed by atoms with Crippen molar-refractivity contribution >= 4 is 17.4 Å². The van der Waals surface area contributed by atoms with Crippen molar-refractivity contribution in [2.45, 2.75) is 38.7 Å². The normalized spacial score (nSPS) is 19.4. The zero-order chi connectivity index (χ0) is 13.0. The quantitative estimate of drug-likeness (QED) is 0.893. The molecule has 1 saturated carbocycles. The molecular formula is C14H17NO3. The average Bonchev–Trinajstić information content (AvgIpc) is 2.28. The topological polar surface area (TPSA) is 55.4 Å². The van der Waals surface area contributed by atoms with Gasteiger partial charge in [-0.15, -0.1) is 0 Å². The van der Waals surface area contributed by atoms with Crippen molar-refractivity contribution in [1.29, 1.82) is 0 Å². The maximum atomic E-state index is 11.3. The van der Waals surface area contributed by atoms with Crippen LogP contribution >= 0.6 is 0 Å². The van der Waals surface area contributed by atoms with Gasteiger partial charge in [0.1, 0.15) is 17.6 Å². The Kier molecular flexibility index (Phi) is 3.97. The molecule has 1 N–H and O–H groups in total. The lowest BCUT2D eigenvalue weighted by Crippen LogP contribution is -2.25. The summed E-state index contributed by atoms with van der Waals surface area (Å²) < 4.78 is 5.78. The first-order chi connectivity index (χ1) is 8.63. The van der Waals surface area contributed by atoms with Gasteiger partial charge in [-0.05, 0) is 25.0 Å². The van der Waals surface area contributed by atoms with Crippen molar-refractivity contribution < 1.29 is 14.3 Å². The van der Waals surface area contributed by atoms with E-state index < -0.39 is 0 Å². The number of carbonyl (C=O) groups excluding carboxylic acids is 2. The number of ketones is 1. The Balaban J connectivity index is 2.00. The molecule has 0 aliphatic heterocycles. The zero-order valence-electron chi connectivity index (χ0n) is 10.4. The van der Waals surface area contributed by atoms with Crippen LogP contribution in [0.5, 0.6) is 5.75 Å². The predicted octanol–water partition coefficient (Wildman–Crippen LogP) is 2.54. The molecule has 4 heteroatoms. The van der Waals surface area contributed by atoms with Crippen LogP contribution in [0.4, 0.5) is 5.69 Å². The first-order valence-corrected chi connectivity index (χ1v) is 6.19. The molecule has 96 valence electrons. The average molecular weight is 247 g/mol. The number of anilines is 1. The standard InChI is InChI=1S/C14H17NO3/c1-10(16)15-11-4-2-6-13(8-11)18-14-7-3-5-12(17)9-14/h2,4,6,8,14H,3,5,7,9H2,1H3,(H,15,16). The SMILES string of the molecule is CC(=O)Nc1cccc(OC2CCCC(=O)C2)c1. The molecule has 1 fully saturated rings. The van der Waals surface area contributed by atoms with Crippen LogP contribution in [0.25, 0.3) is 0 Å². The van der Waals surface area contributed by atoms with Crippen molar-refractivity contribution in [3.05, 3.63) is 24.3 Å². The van der Waals surface area contributed by atoms with Gasteiger partial charge in [0.15, 0.2) is 0 Å². The van der Waals surface area contributed by atoms with Crippen LogP contribution in [0, 0.1) is 0 Å². The second-order valence-electron chi connectivity index (χ2n) is 4.58. The molecule has 1 amide bonds. The molecule has 1 atom stereocenters. The van der Waals surface area contributed by atoms with Crippen LogP contribution in [-0.2, 0) is 9.59 Å². The number of carbonyl (C=O) groups is 2. The Hall–Kier alpha value is -1.84. The molecule has 1 aliphatic rings. The fourth-order valence-electron chi connectivity index (χ4n) is 2.13. The number of amides is 1. The summed E-state index contributed by atoms with van der Waals surface area (Å²) in [6.45, 7) is 1.47. The van der Waals surface area contributed by atoms with Crippen molar-refractivity contribution in [3.63, 3.8) is 0 Å². The van der Waals surface area contributed by atoms with E-state index in [1.807, 2.05) is 12.1 Å². The van der Waals surface area contributed by atoms with Crippen LogP contribution in [-0.4, -0.2) is 17.8 Å². The molecule has 0 saturated heterocycles. The minimum Gasteiger partial charge on any atom is -0.490 e. The van der Waals surface area contributed by atoms with Crippen LogP contribution in [0.15, 0.2) is 24.3 Å². The molecule has 0 bridgehead atoms. The molecule has 1 aromatic carbocycles. The molecule has 0 aromatic heterocycles. The summed E-state index contributed by atoms with van der Waals surface area (Å²) in [7, 11) is 0. The van der Waals surface area contributed by atoms with Crippen LogP contribution in [0.3, 0.4) is 0 Å². The summed E-state index contributed by atoms with van der Waals surface area (Å²) in [4.78, 5) is 22.3. The fourth-order valence-corrected chi connectivity index (χ4v) is 2.13. The second-order valence-corrected chi connectivity index (χ2v) is 4.58. The molecule has 1 unspecified atom stereocenters. The van der Waals surface area contributed by atoms with E-state index in [-0.39, 0.29) is 17.8 Å². The Morgan fingerprint density at radius 2 is 2.28 bits per heavy atom. The number of benzene rings is 1. The lowest BCUT2D eigenvalue weighted by Gasteiger charge is -2.22. The third-order valence-electron chi connectivity index (χ3n) is 2.89. The molecule has 2 rings (SSSR count). The molecule has 0 spiro atoms. The van der Waals surface area contributed by atoms with E-state index in [4.69, 9.17) is 4.74 Å². The lowest BCUT2D eigenvalue weighted by atomic mass is 9.96. The highest BCUT2D eigenvalue weighted by molar-refractivity contribution is 5.88. The summed E-state index contributed by atoms with van der Waals surface area (Å²) in [6.07, 6.45) is 2.94. The monoisotopic (exact) mass is 247 g/mol. The number of nitrogens with one attached hydrogen (secondary N) is 1. The van der Waals surface area contributed by atoms with E-state index in [1.54, 1.807) is 12.1 Å². The van der Waals surface area contributed by atoms with Crippen molar-refractivity contribution in [2.75, 3.05) is 5.32 Å². The van der Waals surface area contributed by atoms with Gasteiger partial charge in [0.2, 0.25) is 5.91 Å². The van der Waals surface area contributed by atoms with E-state index in [2.05, 4.69) is 5.32 Å². The summed E-state index contributed by atoms with van der Waals surface area (Å²) in [5, 5.41) is 2.71. The maximum Gasteiger partial charge on any atom is 0.221 e. The first-order valence-electron chi connectivity index (χ1n) is 6.19. The summed E-state index contributed by atoms with van der Waals surface area (Å²) in [5.41, 5.74) is 0.710. The number of rotatable bonds is 3. The van der Waals surface area contributed by atoms with Crippen LogP contribution < -0.4 is 10.1 Å². The van der Waals surface area contributed by atoms with Gasteiger partial charge in [-0.2, -0.15) is 0 Å². The predicted molar refractivity (Wildman–Crippen MR) is 68.6 cm³/mol. The van der Waals surface area contributed by atoms with Gasteiger partial charge in [0.25, 0.3) is 0 Å². The van der Waals surface area contributed by atoms with Gasteiger partial charge in [0, 0.05) is 31.5 Å². The Bertz CT molecular complexity index is 456. The van der Waals surface area contributed by atoms with E-state index in [9.17, 15) is 9.59 Å². The fraction of sp³-hybridized carbons (Fsp3) is 0.429.